The summed E-state index contributed by atoms with van der Waals surface area (Å²) < 4.78 is 2.33. The molecule has 100 valence electrons. The molecule has 1 rings (SSSR count). The van der Waals surface area contributed by atoms with Crippen LogP contribution in [0.3, 0.4) is 0 Å². The Balaban J connectivity index is 2.84. The van der Waals surface area contributed by atoms with Gasteiger partial charge < -0.3 is 15.6 Å². The van der Waals surface area contributed by atoms with Crippen LogP contribution in [-0.2, 0) is 11.3 Å². The third-order valence-electron chi connectivity index (χ3n) is 2.56. The van der Waals surface area contributed by atoms with Gasteiger partial charge in [-0.3, -0.25) is 9.59 Å². The lowest BCUT2D eigenvalue weighted by atomic mass is 9.92. The van der Waals surface area contributed by atoms with Gasteiger partial charge in [0.25, 0.3) is 5.56 Å². The highest BCUT2D eigenvalue weighted by atomic mass is 79.9. The Bertz CT molecular complexity index is 482. The minimum absolute atomic E-state index is 0.111. The quantitative estimate of drug-likeness (QED) is 0.840. The average molecular weight is 316 g/mol. The minimum Gasteiger partial charge on any atom is -0.354 e. The van der Waals surface area contributed by atoms with Gasteiger partial charge in [0.05, 0.1) is 5.41 Å². The molecule has 0 atom stereocenters. The van der Waals surface area contributed by atoms with Gasteiger partial charge in [0.1, 0.15) is 0 Å². The Morgan fingerprint density at radius 1 is 1.50 bits per heavy atom. The summed E-state index contributed by atoms with van der Waals surface area (Å²) in [4.78, 5) is 23.6. The van der Waals surface area contributed by atoms with Crippen molar-refractivity contribution in [3.05, 3.63) is 33.2 Å². The number of nitrogens with zero attached hydrogens (tertiary/aromatic N) is 1. The molecular weight excluding hydrogens is 298 g/mol. The zero-order valence-corrected chi connectivity index (χ0v) is 12.2. The van der Waals surface area contributed by atoms with Crippen molar-refractivity contribution in [1.82, 2.24) is 9.88 Å². The second kappa shape index (κ2) is 6.15. The molecule has 0 unspecified atom stereocenters. The second-order valence-corrected chi connectivity index (χ2v) is 5.66. The maximum atomic E-state index is 11.9. The highest BCUT2D eigenvalue weighted by Crippen LogP contribution is 2.18. The van der Waals surface area contributed by atoms with Crippen LogP contribution in [-0.4, -0.2) is 23.6 Å². The third kappa shape index (κ3) is 3.96. The van der Waals surface area contributed by atoms with Crippen LogP contribution in [0.2, 0.25) is 0 Å². The largest absolute Gasteiger partial charge is 0.354 e. The van der Waals surface area contributed by atoms with E-state index in [1.165, 1.54) is 10.6 Å². The molecule has 6 heteroatoms. The van der Waals surface area contributed by atoms with Crippen molar-refractivity contribution in [3.8, 4) is 0 Å². The molecule has 0 saturated heterocycles. The van der Waals surface area contributed by atoms with Crippen molar-refractivity contribution in [1.29, 1.82) is 0 Å². The maximum Gasteiger partial charge on any atom is 0.250 e. The fourth-order valence-corrected chi connectivity index (χ4v) is 1.93. The number of rotatable bonds is 5. The van der Waals surface area contributed by atoms with Gasteiger partial charge in [-0.15, -0.1) is 0 Å². The number of hydrogen-bond donors (Lipinski definition) is 2. The van der Waals surface area contributed by atoms with Crippen LogP contribution >= 0.6 is 15.9 Å². The Morgan fingerprint density at radius 2 is 2.17 bits per heavy atom. The average Bonchev–Trinajstić information content (AvgIpc) is 2.30. The van der Waals surface area contributed by atoms with E-state index in [0.29, 0.717) is 19.6 Å². The zero-order chi connectivity index (χ0) is 13.8. The molecule has 0 saturated carbocycles. The lowest BCUT2D eigenvalue weighted by molar-refractivity contribution is -0.130. The van der Waals surface area contributed by atoms with Crippen LogP contribution in [0.25, 0.3) is 0 Å². The molecular formula is C12H18BrN3O2. The molecule has 0 aromatic carbocycles. The lowest BCUT2D eigenvalue weighted by Gasteiger charge is -2.24. The SMILES string of the molecule is CC(C)(Cn1cc(Br)ccc1=O)C(=O)NCCN. The fourth-order valence-electron chi connectivity index (χ4n) is 1.55. The van der Waals surface area contributed by atoms with E-state index in [0.717, 1.165) is 4.47 Å². The van der Waals surface area contributed by atoms with Crippen molar-refractivity contribution in [2.75, 3.05) is 13.1 Å². The molecule has 18 heavy (non-hydrogen) atoms. The Hall–Kier alpha value is -1.14. The number of carbonyl (C=O) groups is 1. The molecule has 0 bridgehead atoms. The predicted octanol–water partition coefficient (Wildman–Crippen LogP) is 0.712. The van der Waals surface area contributed by atoms with E-state index >= 15 is 0 Å². The van der Waals surface area contributed by atoms with Crippen molar-refractivity contribution >= 4 is 21.8 Å². The van der Waals surface area contributed by atoms with Gasteiger partial charge in [-0.1, -0.05) is 0 Å². The topological polar surface area (TPSA) is 77.1 Å². The number of halogens is 1. The molecule has 5 nitrogen and oxygen atoms in total. The molecule has 0 fully saturated rings. The van der Waals surface area contributed by atoms with E-state index < -0.39 is 5.41 Å². The summed E-state index contributed by atoms with van der Waals surface area (Å²) in [7, 11) is 0. The molecule has 1 aromatic heterocycles. The van der Waals surface area contributed by atoms with Crippen LogP contribution in [0.4, 0.5) is 0 Å². The number of aromatic nitrogens is 1. The fraction of sp³-hybridized carbons (Fsp3) is 0.500. The Kier molecular flexibility index (Phi) is 5.10. The molecule has 0 spiro atoms. The first kappa shape index (κ1) is 14.9. The molecule has 0 aliphatic heterocycles. The normalized spacial score (nSPS) is 11.3. The van der Waals surface area contributed by atoms with Crippen LogP contribution in [0.15, 0.2) is 27.6 Å². The standard InChI is InChI=1S/C12H18BrN3O2/c1-12(2,11(18)15-6-5-14)8-16-7-9(13)3-4-10(16)17/h3-4,7H,5-6,8,14H2,1-2H3,(H,15,18). The van der Waals surface area contributed by atoms with E-state index in [4.69, 9.17) is 5.73 Å². The molecule has 0 aliphatic rings. The molecule has 1 amide bonds. The number of nitrogens with one attached hydrogen (secondary N) is 1. The van der Waals surface area contributed by atoms with E-state index in [2.05, 4.69) is 21.2 Å². The summed E-state index contributed by atoms with van der Waals surface area (Å²) in [5.74, 6) is -0.111. The van der Waals surface area contributed by atoms with Gasteiger partial charge in [0.15, 0.2) is 0 Å². The summed E-state index contributed by atoms with van der Waals surface area (Å²) >= 11 is 3.31. The third-order valence-corrected chi connectivity index (χ3v) is 3.03. The van der Waals surface area contributed by atoms with Crippen LogP contribution in [0.5, 0.6) is 0 Å². The molecule has 0 radical (unpaired) electrons. The Morgan fingerprint density at radius 3 is 2.78 bits per heavy atom. The molecule has 1 heterocycles. The lowest BCUT2D eigenvalue weighted by Crippen LogP contribution is -2.43. The van der Waals surface area contributed by atoms with Gasteiger partial charge in [-0.05, 0) is 35.8 Å². The predicted molar refractivity (Wildman–Crippen MR) is 74.2 cm³/mol. The smallest absolute Gasteiger partial charge is 0.250 e. The maximum absolute atomic E-state index is 11.9. The van der Waals surface area contributed by atoms with Gasteiger partial charge >= 0.3 is 0 Å². The summed E-state index contributed by atoms with van der Waals surface area (Å²) in [5.41, 5.74) is 4.55. The first-order valence-corrected chi connectivity index (χ1v) is 6.50. The van der Waals surface area contributed by atoms with E-state index in [1.54, 1.807) is 26.1 Å². The van der Waals surface area contributed by atoms with Gasteiger partial charge in [0.2, 0.25) is 5.91 Å². The summed E-state index contributed by atoms with van der Waals surface area (Å²) in [6, 6.07) is 3.15. The number of carbonyl (C=O) groups excluding carboxylic acids is 1. The zero-order valence-electron chi connectivity index (χ0n) is 10.6. The number of amides is 1. The number of hydrogen-bond acceptors (Lipinski definition) is 3. The van der Waals surface area contributed by atoms with Gasteiger partial charge in [-0.2, -0.15) is 0 Å². The van der Waals surface area contributed by atoms with Crippen molar-refractivity contribution < 1.29 is 4.79 Å². The van der Waals surface area contributed by atoms with E-state index in [1.807, 2.05) is 0 Å². The first-order chi connectivity index (χ1) is 8.36. The van der Waals surface area contributed by atoms with Gasteiger partial charge in [0, 0.05) is 36.4 Å². The van der Waals surface area contributed by atoms with Crippen LogP contribution in [0, 0.1) is 5.41 Å². The van der Waals surface area contributed by atoms with E-state index in [9.17, 15) is 9.59 Å². The molecule has 3 N–H and O–H groups in total. The van der Waals surface area contributed by atoms with Crippen molar-refractivity contribution in [3.63, 3.8) is 0 Å². The van der Waals surface area contributed by atoms with Crippen LogP contribution < -0.4 is 16.6 Å². The Labute approximate surface area is 114 Å². The summed E-state index contributed by atoms with van der Waals surface area (Å²) in [6.07, 6.45) is 1.68. The van der Waals surface area contributed by atoms with Crippen molar-refractivity contribution in [2.24, 2.45) is 11.1 Å². The second-order valence-electron chi connectivity index (χ2n) is 4.74. The number of nitrogens with two attached hydrogens (primary N) is 1. The summed E-state index contributed by atoms with van der Waals surface area (Å²) in [5, 5.41) is 2.74. The molecule has 1 aromatic rings. The van der Waals surface area contributed by atoms with Gasteiger partial charge in [-0.25, -0.2) is 0 Å². The summed E-state index contributed by atoms with van der Waals surface area (Å²) in [6.45, 7) is 4.76. The number of pyridine rings is 1. The van der Waals surface area contributed by atoms with E-state index in [-0.39, 0.29) is 11.5 Å². The molecule has 0 aliphatic carbocycles. The van der Waals surface area contributed by atoms with Crippen molar-refractivity contribution in [2.45, 2.75) is 20.4 Å². The monoisotopic (exact) mass is 315 g/mol. The highest BCUT2D eigenvalue weighted by molar-refractivity contribution is 9.10. The minimum atomic E-state index is -0.667. The first-order valence-electron chi connectivity index (χ1n) is 5.71. The van der Waals surface area contributed by atoms with Crippen LogP contribution in [0.1, 0.15) is 13.8 Å². The highest BCUT2D eigenvalue weighted by Gasteiger charge is 2.28.